The lowest BCUT2D eigenvalue weighted by Gasteiger charge is -2.30. The topological polar surface area (TPSA) is 56.6 Å². The van der Waals surface area contributed by atoms with Crippen LogP contribution in [0.15, 0.2) is 12.1 Å². The minimum absolute atomic E-state index is 0.00646. The van der Waals surface area contributed by atoms with E-state index in [2.05, 4.69) is 0 Å². The maximum Gasteiger partial charge on any atom is 0.410 e. The molecule has 0 aromatic heterocycles. The summed E-state index contributed by atoms with van der Waals surface area (Å²) in [6.45, 7) is 1.71. The molecular weight excluding hydrogens is 292 g/mol. The van der Waals surface area contributed by atoms with Crippen LogP contribution in [0.1, 0.15) is 18.4 Å². The zero-order chi connectivity index (χ0) is 15.7. The number of ether oxygens (including phenoxy) is 1. The number of piperidine rings is 1. The summed E-state index contributed by atoms with van der Waals surface area (Å²) in [5.74, 6) is -1.03. The molecule has 2 saturated heterocycles. The Morgan fingerprint density at radius 1 is 1.14 bits per heavy atom. The van der Waals surface area contributed by atoms with Crippen LogP contribution < -0.4 is 4.90 Å². The summed E-state index contributed by atoms with van der Waals surface area (Å²) in [4.78, 5) is 14.5. The Hall–Kier alpha value is -2.18. The summed E-state index contributed by atoms with van der Waals surface area (Å²) in [6, 6.07) is 2.33. The first-order valence-electron chi connectivity index (χ1n) is 7.25. The number of benzene rings is 1. The lowest BCUT2D eigenvalue weighted by Crippen LogP contribution is -2.34. The van der Waals surface area contributed by atoms with E-state index in [4.69, 9.17) is 10.1 Å². The molecule has 22 heavy (non-hydrogen) atoms. The molecule has 5 nitrogen and oxygen atoms in total. The predicted octanol–water partition coefficient (Wildman–Crippen LogP) is 2.54. The second-order valence-corrected chi connectivity index (χ2v) is 5.52. The van der Waals surface area contributed by atoms with Crippen LogP contribution in [0.5, 0.6) is 0 Å². The van der Waals surface area contributed by atoms with Crippen LogP contribution in [0.4, 0.5) is 19.3 Å². The molecule has 3 rings (SSSR count). The fraction of sp³-hybridized carbons (Fsp3) is 0.467. The van der Waals surface area contributed by atoms with Gasteiger partial charge in [0.05, 0.1) is 18.8 Å². The molecule has 0 unspecified atom stereocenters. The van der Waals surface area contributed by atoms with Crippen molar-refractivity contribution >= 4 is 17.5 Å². The number of halogens is 2. The summed E-state index contributed by atoms with van der Waals surface area (Å²) in [5.41, 5.74) is 1.00. The molecule has 0 aliphatic carbocycles. The largest absolute Gasteiger partial charge is 0.448 e. The van der Waals surface area contributed by atoms with E-state index in [1.165, 1.54) is 11.0 Å². The molecule has 7 heteroatoms. The molecule has 1 aromatic rings. The molecule has 0 radical (unpaired) electrons. The van der Waals surface area contributed by atoms with Crippen molar-refractivity contribution in [2.24, 2.45) is 0 Å². The number of anilines is 1. The van der Waals surface area contributed by atoms with E-state index in [9.17, 15) is 13.6 Å². The standard InChI is InChI=1S/C15H17F2N3O2/c16-12-8-14(19-3-1-11(18)2-4-19)13(17)7-10(12)9-20-5-6-22-15(20)21/h7-8,18H,1-6,9H2. The molecule has 1 amide bonds. The van der Waals surface area contributed by atoms with Gasteiger partial charge in [-0.2, -0.15) is 0 Å². The van der Waals surface area contributed by atoms with Gasteiger partial charge in [0.15, 0.2) is 0 Å². The SMILES string of the molecule is N=C1CCN(c2cc(F)c(CN3CCOC3=O)cc2F)CC1. The number of carbonyl (C=O) groups excluding carboxylic acids is 1. The molecule has 118 valence electrons. The molecule has 2 aliphatic heterocycles. The molecule has 0 spiro atoms. The van der Waals surface area contributed by atoms with Crippen molar-refractivity contribution in [2.75, 3.05) is 31.1 Å². The second kappa shape index (κ2) is 5.90. The normalized spacial score (nSPS) is 18.8. The lowest BCUT2D eigenvalue weighted by atomic mass is 10.1. The van der Waals surface area contributed by atoms with E-state index in [1.807, 2.05) is 0 Å². The Bertz CT molecular complexity index is 611. The molecule has 0 atom stereocenters. The van der Waals surface area contributed by atoms with Gasteiger partial charge in [-0.1, -0.05) is 0 Å². The summed E-state index contributed by atoms with van der Waals surface area (Å²) in [5, 5.41) is 7.57. The molecule has 1 aromatic carbocycles. The Morgan fingerprint density at radius 2 is 1.86 bits per heavy atom. The summed E-state index contributed by atoms with van der Waals surface area (Å²) < 4.78 is 33.3. The van der Waals surface area contributed by atoms with Gasteiger partial charge in [0, 0.05) is 43.3 Å². The van der Waals surface area contributed by atoms with Crippen LogP contribution in [0.3, 0.4) is 0 Å². The number of hydrogen-bond acceptors (Lipinski definition) is 4. The van der Waals surface area contributed by atoms with Crippen LogP contribution in [0.2, 0.25) is 0 Å². The summed E-state index contributed by atoms with van der Waals surface area (Å²) >= 11 is 0. The Labute approximate surface area is 127 Å². The first-order chi connectivity index (χ1) is 10.5. The minimum atomic E-state index is -0.531. The zero-order valence-corrected chi connectivity index (χ0v) is 12.1. The van der Waals surface area contributed by atoms with Crippen molar-refractivity contribution < 1.29 is 18.3 Å². The van der Waals surface area contributed by atoms with E-state index < -0.39 is 17.7 Å². The first kappa shape index (κ1) is 14.7. The number of hydrogen-bond donors (Lipinski definition) is 1. The highest BCUT2D eigenvalue weighted by atomic mass is 19.1. The van der Waals surface area contributed by atoms with Gasteiger partial charge in [-0.3, -0.25) is 0 Å². The van der Waals surface area contributed by atoms with Crippen LogP contribution in [-0.2, 0) is 11.3 Å². The third-order valence-electron chi connectivity index (χ3n) is 4.03. The van der Waals surface area contributed by atoms with E-state index in [-0.39, 0.29) is 24.4 Å². The average molecular weight is 309 g/mol. The van der Waals surface area contributed by atoms with E-state index in [1.54, 1.807) is 4.90 Å². The summed E-state index contributed by atoms with van der Waals surface area (Å²) in [7, 11) is 0. The first-order valence-corrected chi connectivity index (χ1v) is 7.25. The highest BCUT2D eigenvalue weighted by molar-refractivity contribution is 5.83. The number of nitrogens with one attached hydrogen (secondary N) is 1. The van der Waals surface area contributed by atoms with Gasteiger partial charge in [0.1, 0.15) is 18.2 Å². The van der Waals surface area contributed by atoms with Gasteiger partial charge in [-0.25, -0.2) is 13.6 Å². The lowest BCUT2D eigenvalue weighted by molar-refractivity contribution is 0.157. The smallest absolute Gasteiger partial charge is 0.410 e. The maximum atomic E-state index is 14.3. The van der Waals surface area contributed by atoms with Gasteiger partial charge in [-0.05, 0) is 6.07 Å². The number of cyclic esters (lactones) is 1. The van der Waals surface area contributed by atoms with Crippen molar-refractivity contribution in [1.29, 1.82) is 5.41 Å². The highest BCUT2D eigenvalue weighted by Gasteiger charge is 2.25. The third-order valence-corrected chi connectivity index (χ3v) is 4.03. The second-order valence-electron chi connectivity index (χ2n) is 5.52. The van der Waals surface area contributed by atoms with E-state index in [0.717, 1.165) is 6.07 Å². The van der Waals surface area contributed by atoms with E-state index >= 15 is 0 Å². The molecule has 0 bridgehead atoms. The maximum absolute atomic E-state index is 14.3. The molecule has 2 heterocycles. The fourth-order valence-electron chi connectivity index (χ4n) is 2.73. The molecule has 2 fully saturated rings. The number of amides is 1. The van der Waals surface area contributed by atoms with Crippen molar-refractivity contribution in [1.82, 2.24) is 4.90 Å². The van der Waals surface area contributed by atoms with Crippen molar-refractivity contribution in [3.8, 4) is 0 Å². The molecule has 1 N–H and O–H groups in total. The Kier molecular flexibility index (Phi) is 3.96. The monoisotopic (exact) mass is 309 g/mol. The Balaban J connectivity index is 1.78. The summed E-state index contributed by atoms with van der Waals surface area (Å²) in [6.07, 6.45) is 0.642. The van der Waals surface area contributed by atoms with Crippen LogP contribution >= 0.6 is 0 Å². The van der Waals surface area contributed by atoms with Gasteiger partial charge in [-0.15, -0.1) is 0 Å². The highest BCUT2D eigenvalue weighted by Crippen LogP contribution is 2.26. The van der Waals surface area contributed by atoms with Gasteiger partial charge in [0.2, 0.25) is 0 Å². The van der Waals surface area contributed by atoms with Crippen LogP contribution in [-0.4, -0.2) is 42.9 Å². The average Bonchev–Trinajstić information content (AvgIpc) is 2.89. The number of nitrogens with zero attached hydrogens (tertiary/aromatic N) is 2. The molecular formula is C15H17F2N3O2. The minimum Gasteiger partial charge on any atom is -0.448 e. The Morgan fingerprint density at radius 3 is 2.50 bits per heavy atom. The van der Waals surface area contributed by atoms with Crippen molar-refractivity contribution in [2.45, 2.75) is 19.4 Å². The van der Waals surface area contributed by atoms with Crippen molar-refractivity contribution in [3.63, 3.8) is 0 Å². The quantitative estimate of drug-likeness (QED) is 0.933. The van der Waals surface area contributed by atoms with Gasteiger partial charge in [0.25, 0.3) is 0 Å². The molecule has 2 aliphatic rings. The number of rotatable bonds is 3. The number of carbonyl (C=O) groups is 1. The van der Waals surface area contributed by atoms with Gasteiger partial charge >= 0.3 is 6.09 Å². The third kappa shape index (κ3) is 2.88. The van der Waals surface area contributed by atoms with Crippen molar-refractivity contribution in [3.05, 3.63) is 29.3 Å². The van der Waals surface area contributed by atoms with Crippen LogP contribution in [0.25, 0.3) is 0 Å². The van der Waals surface area contributed by atoms with Gasteiger partial charge < -0.3 is 19.9 Å². The zero-order valence-electron chi connectivity index (χ0n) is 12.1. The van der Waals surface area contributed by atoms with Crippen LogP contribution in [0, 0.1) is 17.0 Å². The molecule has 0 saturated carbocycles. The predicted molar refractivity (Wildman–Crippen MR) is 77.3 cm³/mol. The van der Waals surface area contributed by atoms with E-state index in [0.29, 0.717) is 38.2 Å². The fourth-order valence-corrected chi connectivity index (χ4v) is 2.73.